The molecule has 1 saturated carbocycles. The van der Waals surface area contributed by atoms with Gasteiger partial charge in [0.1, 0.15) is 6.10 Å². The van der Waals surface area contributed by atoms with E-state index >= 15 is 0 Å². The van der Waals surface area contributed by atoms with Gasteiger partial charge in [0.05, 0.1) is 31.0 Å². The van der Waals surface area contributed by atoms with E-state index in [-0.39, 0.29) is 30.0 Å². The maximum Gasteiger partial charge on any atom is 0.333 e. The van der Waals surface area contributed by atoms with Crippen molar-refractivity contribution in [3.63, 3.8) is 0 Å². The highest BCUT2D eigenvalue weighted by atomic mass is 16.7. The van der Waals surface area contributed by atoms with Gasteiger partial charge in [-0.1, -0.05) is 18.2 Å². The second-order valence-electron chi connectivity index (χ2n) is 9.23. The Hall–Kier alpha value is -2.61. The molecule has 0 aromatic rings. The molecule has 1 aliphatic carbocycles. The molecular weight excluding hydrogens is 428 g/mol. The molecule has 0 aromatic carbocycles. The van der Waals surface area contributed by atoms with Crippen LogP contribution < -0.4 is 0 Å². The first-order chi connectivity index (χ1) is 15.6. The first-order valence-electron chi connectivity index (χ1n) is 11.4. The summed E-state index contributed by atoms with van der Waals surface area (Å²) in [5.74, 6) is -1.73. The number of hydrogen-bond acceptors (Lipinski definition) is 8. The number of ether oxygens (including phenoxy) is 5. The highest BCUT2D eigenvalue weighted by Gasteiger charge is 2.54. The minimum absolute atomic E-state index is 0.133. The van der Waals surface area contributed by atoms with Crippen molar-refractivity contribution in [2.24, 2.45) is 11.8 Å². The van der Waals surface area contributed by atoms with E-state index in [9.17, 15) is 14.4 Å². The summed E-state index contributed by atoms with van der Waals surface area (Å²) >= 11 is 0. The van der Waals surface area contributed by atoms with Crippen LogP contribution in [0.15, 0.2) is 35.6 Å². The quantitative estimate of drug-likeness (QED) is 0.193. The van der Waals surface area contributed by atoms with Gasteiger partial charge in [0.25, 0.3) is 0 Å². The molecule has 182 valence electrons. The van der Waals surface area contributed by atoms with E-state index in [2.05, 4.69) is 13.5 Å². The van der Waals surface area contributed by atoms with Gasteiger partial charge in [-0.2, -0.15) is 0 Å². The molecule has 0 amide bonds. The van der Waals surface area contributed by atoms with E-state index in [1.807, 2.05) is 0 Å². The highest BCUT2D eigenvalue weighted by molar-refractivity contribution is 5.87. The molecule has 1 saturated heterocycles. The molecule has 0 radical (unpaired) electrons. The van der Waals surface area contributed by atoms with Gasteiger partial charge in [0.2, 0.25) is 6.29 Å². The normalized spacial score (nSPS) is 32.3. The van der Waals surface area contributed by atoms with Crippen molar-refractivity contribution >= 4 is 17.9 Å². The average molecular weight is 463 g/mol. The third kappa shape index (κ3) is 5.85. The van der Waals surface area contributed by atoms with Crippen LogP contribution in [-0.2, 0) is 38.1 Å². The van der Waals surface area contributed by atoms with Gasteiger partial charge < -0.3 is 23.7 Å². The van der Waals surface area contributed by atoms with Crippen LogP contribution in [0.2, 0.25) is 0 Å². The van der Waals surface area contributed by atoms with Crippen LogP contribution in [0.4, 0.5) is 0 Å². The van der Waals surface area contributed by atoms with Crippen LogP contribution in [0.3, 0.4) is 0 Å². The van der Waals surface area contributed by atoms with E-state index < -0.39 is 30.3 Å². The molecule has 33 heavy (non-hydrogen) atoms. The molecule has 6 atom stereocenters. The van der Waals surface area contributed by atoms with Crippen LogP contribution >= 0.6 is 0 Å². The minimum Gasteiger partial charge on any atom is -0.466 e. The summed E-state index contributed by atoms with van der Waals surface area (Å²) in [7, 11) is 1.32. The fraction of sp³-hybridized carbons (Fsp3) is 0.640. The molecule has 3 rings (SSSR count). The minimum atomic E-state index is -0.794. The monoisotopic (exact) mass is 462 g/mol. The third-order valence-electron chi connectivity index (χ3n) is 6.79. The van der Waals surface area contributed by atoms with E-state index in [4.69, 9.17) is 23.7 Å². The van der Waals surface area contributed by atoms with Crippen LogP contribution in [0.25, 0.3) is 0 Å². The Morgan fingerprint density at radius 2 is 1.97 bits per heavy atom. The number of esters is 3. The van der Waals surface area contributed by atoms with Crippen molar-refractivity contribution in [3.05, 3.63) is 35.6 Å². The Morgan fingerprint density at radius 3 is 2.61 bits per heavy atom. The lowest BCUT2D eigenvalue weighted by Gasteiger charge is -2.40. The van der Waals surface area contributed by atoms with Crippen molar-refractivity contribution < 1.29 is 38.1 Å². The highest BCUT2D eigenvalue weighted by Crippen LogP contribution is 2.50. The number of epoxide rings is 1. The molecule has 0 aromatic heterocycles. The number of carbonyl (C=O) groups is 3. The van der Waals surface area contributed by atoms with Crippen LogP contribution in [-0.4, -0.2) is 49.1 Å². The first-order valence-corrected chi connectivity index (χ1v) is 11.4. The molecule has 0 unspecified atom stereocenters. The molecule has 0 bridgehead atoms. The predicted octanol–water partition coefficient (Wildman–Crippen LogP) is 3.75. The van der Waals surface area contributed by atoms with Gasteiger partial charge in [-0.05, 0) is 39.5 Å². The molecule has 8 heteroatoms. The predicted molar refractivity (Wildman–Crippen MR) is 119 cm³/mol. The van der Waals surface area contributed by atoms with Crippen LogP contribution in [0.1, 0.15) is 59.8 Å². The second-order valence-corrected chi connectivity index (χ2v) is 9.23. The fourth-order valence-electron chi connectivity index (χ4n) is 4.90. The number of methoxy groups -OCH3 is 1. The Balaban J connectivity index is 1.96. The smallest absolute Gasteiger partial charge is 0.333 e. The average Bonchev–Trinajstić information content (AvgIpc) is 3.40. The standard InChI is InChI=1S/C25H34O8/c1-14-8-10-21-25(5,33-21)12-11-18-19(13-30-24(22(14)18)32-17(4)27)20(31-16(3)26)9-7-15(2)23(28)29-6/h7,13,18,20-22,24H,1,8-12H2,2-6H3/b15-7+/t18-,20+,21-,22+,24-,25+/m1/s1. The Kier molecular flexibility index (Phi) is 7.67. The lowest BCUT2D eigenvalue weighted by molar-refractivity contribution is -0.181. The molecule has 0 spiro atoms. The SMILES string of the molecule is C=C1CC[C@H]2O[C@@]2(C)CC[C@@H]2C([C@H](C/C=C(\C)C(=O)OC)OC(C)=O)=CO[C@H](OC(C)=O)[C@@H]12. The fourth-order valence-corrected chi connectivity index (χ4v) is 4.90. The summed E-state index contributed by atoms with van der Waals surface area (Å²) in [5.41, 5.74) is 1.92. The second kappa shape index (κ2) is 10.1. The number of fused-ring (bicyclic) bond motifs is 2. The summed E-state index contributed by atoms with van der Waals surface area (Å²) < 4.78 is 27.8. The maximum absolute atomic E-state index is 11.9. The van der Waals surface area contributed by atoms with E-state index in [0.717, 1.165) is 36.8 Å². The molecule has 2 aliphatic heterocycles. The Labute approximate surface area is 194 Å². The zero-order valence-corrected chi connectivity index (χ0v) is 20.1. The lowest BCUT2D eigenvalue weighted by atomic mass is 9.74. The third-order valence-corrected chi connectivity index (χ3v) is 6.79. The summed E-state index contributed by atoms with van der Waals surface area (Å²) in [6.45, 7) is 10.8. The summed E-state index contributed by atoms with van der Waals surface area (Å²) in [4.78, 5) is 35.5. The first kappa shape index (κ1) is 25.0. The maximum atomic E-state index is 11.9. The zero-order chi connectivity index (χ0) is 24.3. The Morgan fingerprint density at radius 1 is 1.24 bits per heavy atom. The number of rotatable bonds is 6. The summed E-state index contributed by atoms with van der Waals surface area (Å²) in [5, 5.41) is 0. The largest absolute Gasteiger partial charge is 0.466 e. The van der Waals surface area contributed by atoms with Crippen molar-refractivity contribution in [3.8, 4) is 0 Å². The molecule has 0 N–H and O–H groups in total. The zero-order valence-electron chi connectivity index (χ0n) is 20.1. The van der Waals surface area contributed by atoms with Gasteiger partial charge in [-0.3, -0.25) is 9.59 Å². The van der Waals surface area contributed by atoms with Crippen LogP contribution in [0, 0.1) is 11.8 Å². The summed E-state index contributed by atoms with van der Waals surface area (Å²) in [6, 6.07) is 0. The van der Waals surface area contributed by atoms with E-state index in [0.29, 0.717) is 5.57 Å². The van der Waals surface area contributed by atoms with Crippen molar-refractivity contribution in [2.75, 3.05) is 7.11 Å². The van der Waals surface area contributed by atoms with Crippen LogP contribution in [0.5, 0.6) is 0 Å². The lowest BCUT2D eigenvalue weighted by Crippen LogP contribution is -2.41. The molecular formula is C25H34O8. The van der Waals surface area contributed by atoms with Gasteiger partial charge in [-0.25, -0.2) is 4.79 Å². The van der Waals surface area contributed by atoms with Gasteiger partial charge in [0, 0.05) is 37.3 Å². The van der Waals surface area contributed by atoms with E-state index in [1.54, 1.807) is 19.3 Å². The van der Waals surface area contributed by atoms with Crippen molar-refractivity contribution in [2.45, 2.75) is 83.9 Å². The molecule has 2 fully saturated rings. The molecule has 3 aliphatic rings. The number of hydrogen-bond donors (Lipinski definition) is 0. The summed E-state index contributed by atoms with van der Waals surface area (Å²) in [6.07, 6.45) is 5.35. The molecule has 8 nitrogen and oxygen atoms in total. The topological polar surface area (TPSA) is 101 Å². The van der Waals surface area contributed by atoms with Gasteiger partial charge in [-0.15, -0.1) is 0 Å². The van der Waals surface area contributed by atoms with E-state index in [1.165, 1.54) is 21.0 Å². The van der Waals surface area contributed by atoms with Crippen molar-refractivity contribution in [1.82, 2.24) is 0 Å². The number of carbonyl (C=O) groups excluding carboxylic acids is 3. The van der Waals surface area contributed by atoms with Gasteiger partial charge in [0.15, 0.2) is 0 Å². The van der Waals surface area contributed by atoms with Crippen molar-refractivity contribution in [1.29, 1.82) is 0 Å². The van der Waals surface area contributed by atoms with Gasteiger partial charge >= 0.3 is 17.9 Å². The molecule has 2 heterocycles. The Bertz CT molecular complexity index is 872.